The van der Waals surface area contributed by atoms with Gasteiger partial charge in [-0.25, -0.2) is 0 Å². The van der Waals surface area contributed by atoms with Crippen molar-refractivity contribution in [1.82, 2.24) is 0 Å². The molecule has 0 amide bonds. The number of aliphatic hydroxyl groups excluding tert-OH is 2. The third-order valence-corrected chi connectivity index (χ3v) is 2.28. The summed E-state index contributed by atoms with van der Waals surface area (Å²) in [6.07, 6.45) is 1.43. The zero-order valence-electron chi connectivity index (χ0n) is 9.11. The maximum atomic E-state index is 9.23. The van der Waals surface area contributed by atoms with Crippen LogP contribution in [0, 0.1) is 0 Å². The molecule has 0 aliphatic rings. The van der Waals surface area contributed by atoms with Gasteiger partial charge in [0.2, 0.25) is 0 Å². The van der Waals surface area contributed by atoms with E-state index >= 15 is 0 Å². The molecule has 0 fully saturated rings. The Morgan fingerprint density at radius 3 is 2.73 bits per heavy atom. The van der Waals surface area contributed by atoms with Gasteiger partial charge < -0.3 is 15.5 Å². The van der Waals surface area contributed by atoms with Gasteiger partial charge in [0, 0.05) is 12.2 Å². The highest BCUT2D eigenvalue weighted by atomic mass is 16.3. The van der Waals surface area contributed by atoms with Crippen LogP contribution in [0.2, 0.25) is 0 Å². The lowest BCUT2D eigenvalue weighted by atomic mass is 10.1. The lowest BCUT2D eigenvalue weighted by Gasteiger charge is -2.13. The molecule has 1 aromatic carbocycles. The van der Waals surface area contributed by atoms with E-state index in [2.05, 4.69) is 18.3 Å². The monoisotopic (exact) mass is 209 g/mol. The highest BCUT2D eigenvalue weighted by Crippen LogP contribution is 2.16. The number of aryl methyl sites for hydroxylation is 1. The van der Waals surface area contributed by atoms with Crippen molar-refractivity contribution in [3.8, 4) is 0 Å². The minimum atomic E-state index is -0.695. The predicted molar refractivity (Wildman–Crippen MR) is 62.0 cm³/mol. The highest BCUT2D eigenvalue weighted by Gasteiger charge is 2.03. The Balaban J connectivity index is 2.58. The second-order valence-electron chi connectivity index (χ2n) is 3.62. The minimum absolute atomic E-state index is 0.205. The molecule has 0 aliphatic carbocycles. The average Bonchev–Trinajstić information content (AvgIpc) is 2.28. The van der Waals surface area contributed by atoms with E-state index in [1.807, 2.05) is 18.2 Å². The van der Waals surface area contributed by atoms with E-state index in [-0.39, 0.29) is 6.61 Å². The number of para-hydroxylation sites is 1. The third kappa shape index (κ3) is 3.90. The predicted octanol–water partition coefficient (Wildman–Crippen LogP) is 1.40. The molecule has 84 valence electrons. The smallest absolute Gasteiger partial charge is 0.0942 e. The van der Waals surface area contributed by atoms with Crippen molar-refractivity contribution in [2.45, 2.75) is 25.9 Å². The molecule has 1 aromatic rings. The molecule has 0 saturated heterocycles. The molecule has 0 aromatic heterocycles. The van der Waals surface area contributed by atoms with Crippen molar-refractivity contribution < 1.29 is 10.2 Å². The van der Waals surface area contributed by atoms with E-state index in [1.54, 1.807) is 0 Å². The summed E-state index contributed by atoms with van der Waals surface area (Å²) in [6.45, 7) is 2.32. The molecule has 0 heterocycles. The van der Waals surface area contributed by atoms with Gasteiger partial charge in [-0.2, -0.15) is 0 Å². The van der Waals surface area contributed by atoms with E-state index in [9.17, 15) is 5.11 Å². The third-order valence-electron chi connectivity index (χ3n) is 2.28. The SMILES string of the molecule is CCCc1ccccc1NCC(O)CO. The van der Waals surface area contributed by atoms with Crippen molar-refractivity contribution in [2.75, 3.05) is 18.5 Å². The van der Waals surface area contributed by atoms with Gasteiger partial charge in [0.25, 0.3) is 0 Å². The van der Waals surface area contributed by atoms with Crippen LogP contribution in [0.25, 0.3) is 0 Å². The van der Waals surface area contributed by atoms with Crippen LogP contribution >= 0.6 is 0 Å². The number of aliphatic hydroxyl groups is 2. The van der Waals surface area contributed by atoms with E-state index in [4.69, 9.17) is 5.11 Å². The second kappa shape index (κ2) is 6.43. The summed E-state index contributed by atoms with van der Waals surface area (Å²) >= 11 is 0. The lowest BCUT2D eigenvalue weighted by Crippen LogP contribution is -2.23. The molecule has 1 unspecified atom stereocenters. The number of benzene rings is 1. The fourth-order valence-corrected chi connectivity index (χ4v) is 1.47. The summed E-state index contributed by atoms with van der Waals surface area (Å²) in [5.74, 6) is 0. The number of hydrogen-bond acceptors (Lipinski definition) is 3. The fraction of sp³-hybridized carbons (Fsp3) is 0.500. The van der Waals surface area contributed by atoms with Gasteiger partial charge in [-0.15, -0.1) is 0 Å². The molecule has 3 N–H and O–H groups in total. The summed E-state index contributed by atoms with van der Waals surface area (Å²) in [6, 6.07) is 8.05. The Hall–Kier alpha value is -1.06. The van der Waals surface area contributed by atoms with Gasteiger partial charge in [-0.05, 0) is 18.1 Å². The van der Waals surface area contributed by atoms with E-state index in [0.29, 0.717) is 6.54 Å². The first-order valence-corrected chi connectivity index (χ1v) is 5.38. The Labute approximate surface area is 90.8 Å². The first-order chi connectivity index (χ1) is 7.27. The second-order valence-corrected chi connectivity index (χ2v) is 3.62. The normalized spacial score (nSPS) is 12.5. The molecular formula is C12H19NO2. The van der Waals surface area contributed by atoms with Crippen LogP contribution in [-0.4, -0.2) is 29.5 Å². The molecule has 0 aliphatic heterocycles. The molecule has 3 heteroatoms. The van der Waals surface area contributed by atoms with Crippen LogP contribution in [-0.2, 0) is 6.42 Å². The van der Waals surface area contributed by atoms with E-state index in [0.717, 1.165) is 18.5 Å². The van der Waals surface area contributed by atoms with Crippen LogP contribution in [0.1, 0.15) is 18.9 Å². The van der Waals surface area contributed by atoms with Crippen molar-refractivity contribution >= 4 is 5.69 Å². The lowest BCUT2D eigenvalue weighted by molar-refractivity contribution is 0.105. The molecule has 3 nitrogen and oxygen atoms in total. The topological polar surface area (TPSA) is 52.5 Å². The van der Waals surface area contributed by atoms with Gasteiger partial charge in [-0.1, -0.05) is 31.5 Å². The molecule has 0 radical (unpaired) electrons. The zero-order chi connectivity index (χ0) is 11.1. The van der Waals surface area contributed by atoms with Crippen LogP contribution in [0.3, 0.4) is 0 Å². The van der Waals surface area contributed by atoms with Crippen molar-refractivity contribution in [1.29, 1.82) is 0 Å². The van der Waals surface area contributed by atoms with Crippen molar-refractivity contribution in [2.24, 2.45) is 0 Å². The van der Waals surface area contributed by atoms with Crippen LogP contribution in [0.4, 0.5) is 5.69 Å². The van der Waals surface area contributed by atoms with E-state index < -0.39 is 6.10 Å². The number of hydrogen-bond donors (Lipinski definition) is 3. The van der Waals surface area contributed by atoms with E-state index in [1.165, 1.54) is 5.56 Å². The number of rotatable bonds is 6. The van der Waals surface area contributed by atoms with Crippen molar-refractivity contribution in [3.05, 3.63) is 29.8 Å². The first-order valence-electron chi connectivity index (χ1n) is 5.38. The van der Waals surface area contributed by atoms with Gasteiger partial charge >= 0.3 is 0 Å². The largest absolute Gasteiger partial charge is 0.394 e. The molecule has 15 heavy (non-hydrogen) atoms. The quantitative estimate of drug-likeness (QED) is 0.664. The Bertz CT molecular complexity index is 289. The maximum Gasteiger partial charge on any atom is 0.0942 e. The Morgan fingerprint density at radius 2 is 2.07 bits per heavy atom. The van der Waals surface area contributed by atoms with Gasteiger partial charge in [0.15, 0.2) is 0 Å². The molecule has 0 saturated carbocycles. The Kier molecular flexibility index (Phi) is 5.15. The Morgan fingerprint density at radius 1 is 1.33 bits per heavy atom. The van der Waals surface area contributed by atoms with Crippen LogP contribution < -0.4 is 5.32 Å². The zero-order valence-corrected chi connectivity index (χ0v) is 9.11. The standard InChI is InChI=1S/C12H19NO2/c1-2-5-10-6-3-4-7-12(10)13-8-11(15)9-14/h3-4,6-7,11,13-15H,2,5,8-9H2,1H3. The van der Waals surface area contributed by atoms with Gasteiger partial charge in [-0.3, -0.25) is 0 Å². The summed E-state index contributed by atoms with van der Waals surface area (Å²) in [5, 5.41) is 21.1. The van der Waals surface area contributed by atoms with Crippen molar-refractivity contribution in [3.63, 3.8) is 0 Å². The van der Waals surface area contributed by atoms with Crippen LogP contribution in [0.15, 0.2) is 24.3 Å². The first kappa shape index (κ1) is 12.0. The number of anilines is 1. The molecule has 0 spiro atoms. The van der Waals surface area contributed by atoms with Crippen LogP contribution in [0.5, 0.6) is 0 Å². The molecule has 0 bridgehead atoms. The van der Waals surface area contributed by atoms with Gasteiger partial charge in [0.1, 0.15) is 0 Å². The molecule has 1 atom stereocenters. The minimum Gasteiger partial charge on any atom is -0.394 e. The summed E-state index contributed by atoms with van der Waals surface area (Å²) in [7, 11) is 0. The van der Waals surface area contributed by atoms with Gasteiger partial charge in [0.05, 0.1) is 12.7 Å². The highest BCUT2D eigenvalue weighted by molar-refractivity contribution is 5.51. The maximum absolute atomic E-state index is 9.23. The number of nitrogens with one attached hydrogen (secondary N) is 1. The average molecular weight is 209 g/mol. The molecule has 1 rings (SSSR count). The summed E-state index contributed by atoms with van der Waals surface area (Å²) in [5.41, 5.74) is 2.30. The fourth-order valence-electron chi connectivity index (χ4n) is 1.47. The molecular weight excluding hydrogens is 190 g/mol. The summed E-state index contributed by atoms with van der Waals surface area (Å²) < 4.78 is 0. The summed E-state index contributed by atoms with van der Waals surface area (Å²) in [4.78, 5) is 0.